The standard InChI is InChI=1S/C14H20N2O2S/c1-3-4-5-6-13(17)16-14(19)15-11-7-9-12(18-2)10-8-11/h7-10H,3-6H2,1-2H3,(H2,15,16,17,19). The number of hydrogen-bond acceptors (Lipinski definition) is 3. The number of amides is 1. The van der Waals surface area contributed by atoms with Crippen LogP contribution >= 0.6 is 12.2 Å². The fraction of sp³-hybridized carbons (Fsp3) is 0.429. The second kappa shape index (κ2) is 8.48. The number of ether oxygens (including phenoxy) is 1. The van der Waals surface area contributed by atoms with Crippen LogP contribution < -0.4 is 15.4 Å². The molecule has 1 rings (SSSR count). The number of hydrogen-bond donors (Lipinski definition) is 2. The van der Waals surface area contributed by atoms with Gasteiger partial charge in [-0.05, 0) is 42.9 Å². The number of carbonyl (C=O) groups excluding carboxylic acids is 1. The van der Waals surface area contributed by atoms with Crippen molar-refractivity contribution in [1.82, 2.24) is 5.32 Å². The first-order valence-corrected chi connectivity index (χ1v) is 6.81. The Balaban J connectivity index is 2.35. The lowest BCUT2D eigenvalue weighted by Crippen LogP contribution is -2.33. The first kappa shape index (κ1) is 15.4. The van der Waals surface area contributed by atoms with Gasteiger partial charge in [-0.3, -0.25) is 4.79 Å². The van der Waals surface area contributed by atoms with E-state index in [1.54, 1.807) is 7.11 Å². The summed E-state index contributed by atoms with van der Waals surface area (Å²) in [4.78, 5) is 11.6. The summed E-state index contributed by atoms with van der Waals surface area (Å²) >= 11 is 5.08. The molecule has 0 aliphatic heterocycles. The molecule has 0 spiro atoms. The molecule has 0 radical (unpaired) electrons. The van der Waals surface area contributed by atoms with E-state index in [1.807, 2.05) is 24.3 Å². The van der Waals surface area contributed by atoms with Crippen LogP contribution in [0.25, 0.3) is 0 Å². The van der Waals surface area contributed by atoms with Gasteiger partial charge in [0.15, 0.2) is 5.11 Å². The zero-order chi connectivity index (χ0) is 14.1. The van der Waals surface area contributed by atoms with Gasteiger partial charge in [-0.2, -0.15) is 0 Å². The molecular formula is C14H20N2O2S. The third kappa shape index (κ3) is 6.20. The molecule has 0 aliphatic carbocycles. The van der Waals surface area contributed by atoms with Gasteiger partial charge in [0.1, 0.15) is 5.75 Å². The van der Waals surface area contributed by atoms with Gasteiger partial charge in [0.05, 0.1) is 7.11 Å². The highest BCUT2D eigenvalue weighted by molar-refractivity contribution is 7.80. The molecule has 0 unspecified atom stereocenters. The lowest BCUT2D eigenvalue weighted by molar-refractivity contribution is -0.119. The van der Waals surface area contributed by atoms with Crippen LogP contribution in [0.2, 0.25) is 0 Å². The molecule has 4 nitrogen and oxygen atoms in total. The first-order chi connectivity index (χ1) is 9.15. The molecule has 0 aliphatic rings. The van der Waals surface area contributed by atoms with E-state index in [-0.39, 0.29) is 5.91 Å². The van der Waals surface area contributed by atoms with Crippen LogP contribution in [0.1, 0.15) is 32.6 Å². The minimum atomic E-state index is -0.0422. The van der Waals surface area contributed by atoms with Crippen molar-refractivity contribution in [1.29, 1.82) is 0 Å². The molecule has 2 N–H and O–H groups in total. The number of methoxy groups -OCH3 is 1. The minimum Gasteiger partial charge on any atom is -0.497 e. The number of unbranched alkanes of at least 4 members (excludes halogenated alkanes) is 2. The second-order valence-electron chi connectivity index (χ2n) is 4.19. The van der Waals surface area contributed by atoms with E-state index in [0.29, 0.717) is 11.5 Å². The predicted octanol–water partition coefficient (Wildman–Crippen LogP) is 3.09. The summed E-state index contributed by atoms with van der Waals surface area (Å²) in [6, 6.07) is 7.34. The van der Waals surface area contributed by atoms with Crippen LogP contribution in [0.4, 0.5) is 5.69 Å². The van der Waals surface area contributed by atoms with Crippen LogP contribution in [0.5, 0.6) is 5.75 Å². The van der Waals surface area contributed by atoms with Crippen molar-refractivity contribution in [2.45, 2.75) is 32.6 Å². The summed E-state index contributed by atoms with van der Waals surface area (Å²) in [6.45, 7) is 2.10. The second-order valence-corrected chi connectivity index (χ2v) is 4.60. The van der Waals surface area contributed by atoms with E-state index < -0.39 is 0 Å². The number of nitrogens with one attached hydrogen (secondary N) is 2. The molecule has 0 heterocycles. The molecule has 0 bridgehead atoms. The number of carbonyl (C=O) groups is 1. The maximum Gasteiger partial charge on any atom is 0.226 e. The molecule has 0 atom stereocenters. The van der Waals surface area contributed by atoms with Crippen LogP contribution in [-0.2, 0) is 4.79 Å². The van der Waals surface area contributed by atoms with Gasteiger partial charge in [0.25, 0.3) is 0 Å². The smallest absolute Gasteiger partial charge is 0.226 e. The van der Waals surface area contributed by atoms with Crippen molar-refractivity contribution in [3.63, 3.8) is 0 Å². The Bertz CT molecular complexity index is 418. The largest absolute Gasteiger partial charge is 0.497 e. The Morgan fingerprint density at radius 3 is 2.53 bits per heavy atom. The SMILES string of the molecule is CCCCCC(=O)NC(=S)Nc1ccc(OC)cc1. The monoisotopic (exact) mass is 280 g/mol. The van der Waals surface area contributed by atoms with Crippen molar-refractivity contribution in [2.24, 2.45) is 0 Å². The topological polar surface area (TPSA) is 50.4 Å². The number of rotatable bonds is 6. The van der Waals surface area contributed by atoms with Crippen molar-refractivity contribution in [3.8, 4) is 5.75 Å². The van der Waals surface area contributed by atoms with E-state index in [1.165, 1.54) is 0 Å². The molecule has 0 saturated heterocycles. The molecule has 1 aromatic carbocycles. The molecule has 0 fully saturated rings. The van der Waals surface area contributed by atoms with E-state index in [9.17, 15) is 4.79 Å². The van der Waals surface area contributed by atoms with Crippen molar-refractivity contribution in [2.75, 3.05) is 12.4 Å². The van der Waals surface area contributed by atoms with E-state index >= 15 is 0 Å². The molecule has 19 heavy (non-hydrogen) atoms. The van der Waals surface area contributed by atoms with E-state index in [2.05, 4.69) is 17.6 Å². The lowest BCUT2D eigenvalue weighted by Gasteiger charge is -2.09. The molecule has 1 amide bonds. The summed E-state index contributed by atoms with van der Waals surface area (Å²) in [6.07, 6.45) is 3.57. The summed E-state index contributed by atoms with van der Waals surface area (Å²) < 4.78 is 5.06. The average molecular weight is 280 g/mol. The Morgan fingerprint density at radius 2 is 1.95 bits per heavy atom. The quantitative estimate of drug-likeness (QED) is 0.621. The summed E-state index contributed by atoms with van der Waals surface area (Å²) in [5.41, 5.74) is 0.819. The van der Waals surface area contributed by atoms with Crippen molar-refractivity contribution < 1.29 is 9.53 Å². The van der Waals surface area contributed by atoms with Crippen molar-refractivity contribution >= 4 is 28.9 Å². The Kier molecular flexibility index (Phi) is 6.89. The number of thiocarbonyl (C=S) groups is 1. The highest BCUT2D eigenvalue weighted by atomic mass is 32.1. The van der Waals surface area contributed by atoms with Gasteiger partial charge in [0, 0.05) is 12.1 Å². The van der Waals surface area contributed by atoms with Gasteiger partial charge >= 0.3 is 0 Å². The van der Waals surface area contributed by atoms with E-state index in [4.69, 9.17) is 17.0 Å². The average Bonchev–Trinajstić information content (AvgIpc) is 2.39. The molecular weight excluding hydrogens is 260 g/mol. The number of benzene rings is 1. The fourth-order valence-corrected chi connectivity index (χ4v) is 1.79. The molecule has 104 valence electrons. The highest BCUT2D eigenvalue weighted by Crippen LogP contribution is 2.14. The van der Waals surface area contributed by atoms with Crippen LogP contribution in [0.3, 0.4) is 0 Å². The van der Waals surface area contributed by atoms with E-state index in [0.717, 1.165) is 30.7 Å². The Labute approximate surface area is 119 Å². The summed E-state index contributed by atoms with van der Waals surface area (Å²) in [5.74, 6) is 0.736. The fourth-order valence-electron chi connectivity index (χ4n) is 1.56. The molecule has 5 heteroatoms. The van der Waals surface area contributed by atoms with Gasteiger partial charge in [-0.25, -0.2) is 0 Å². The Morgan fingerprint density at radius 1 is 1.26 bits per heavy atom. The third-order valence-corrected chi connectivity index (χ3v) is 2.81. The predicted molar refractivity (Wildman–Crippen MR) is 81.5 cm³/mol. The van der Waals surface area contributed by atoms with Gasteiger partial charge in [-0.1, -0.05) is 19.8 Å². The van der Waals surface area contributed by atoms with Gasteiger partial charge in [-0.15, -0.1) is 0 Å². The lowest BCUT2D eigenvalue weighted by atomic mass is 10.2. The van der Waals surface area contributed by atoms with Gasteiger partial charge < -0.3 is 15.4 Å². The summed E-state index contributed by atoms with van der Waals surface area (Å²) in [7, 11) is 1.61. The molecule has 1 aromatic rings. The van der Waals surface area contributed by atoms with Crippen molar-refractivity contribution in [3.05, 3.63) is 24.3 Å². The molecule has 0 saturated carbocycles. The first-order valence-electron chi connectivity index (χ1n) is 6.40. The zero-order valence-electron chi connectivity index (χ0n) is 11.4. The van der Waals surface area contributed by atoms with Gasteiger partial charge in [0.2, 0.25) is 5.91 Å². The summed E-state index contributed by atoms with van der Waals surface area (Å²) in [5, 5.41) is 5.95. The van der Waals surface area contributed by atoms with Crippen LogP contribution in [0.15, 0.2) is 24.3 Å². The van der Waals surface area contributed by atoms with Crippen LogP contribution in [0, 0.1) is 0 Å². The third-order valence-electron chi connectivity index (χ3n) is 2.61. The number of anilines is 1. The Hall–Kier alpha value is -1.62. The maximum atomic E-state index is 11.6. The zero-order valence-corrected chi connectivity index (χ0v) is 12.2. The minimum absolute atomic E-state index is 0.0422. The van der Waals surface area contributed by atoms with Crippen LogP contribution in [-0.4, -0.2) is 18.1 Å². The maximum absolute atomic E-state index is 11.6. The molecule has 0 aromatic heterocycles. The normalized spacial score (nSPS) is 9.79. The highest BCUT2D eigenvalue weighted by Gasteiger charge is 2.04.